The van der Waals surface area contributed by atoms with Gasteiger partial charge in [-0.2, -0.15) is 0 Å². The van der Waals surface area contributed by atoms with Crippen LogP contribution in [-0.2, 0) is 20.9 Å². The summed E-state index contributed by atoms with van der Waals surface area (Å²) in [6.45, 7) is 7.04. The van der Waals surface area contributed by atoms with Gasteiger partial charge in [0.15, 0.2) is 0 Å². The second kappa shape index (κ2) is 11.5. The zero-order valence-corrected chi connectivity index (χ0v) is 22.6. The molecule has 1 spiro atoms. The van der Waals surface area contributed by atoms with E-state index in [-0.39, 0.29) is 35.5 Å². The van der Waals surface area contributed by atoms with Gasteiger partial charge >= 0.3 is 0 Å². The van der Waals surface area contributed by atoms with Gasteiger partial charge in [0.2, 0.25) is 17.7 Å². The lowest BCUT2D eigenvalue weighted by Gasteiger charge is -2.37. The molecule has 8 heteroatoms. The SMILES string of the molecule is CCCCCNC(=O)C1N([C@@H](CO)CC(C)C)C(=O)[C@@H]2[C@H](C(=O)NCc3ccccc3)[C@@H]3CCC12S3. The maximum atomic E-state index is 14.1. The number of rotatable bonds is 12. The highest BCUT2D eigenvalue weighted by Gasteiger charge is 2.74. The smallest absolute Gasteiger partial charge is 0.244 e. The highest BCUT2D eigenvalue weighted by atomic mass is 32.2. The number of hydrogen-bond acceptors (Lipinski definition) is 5. The molecule has 1 aromatic carbocycles. The van der Waals surface area contributed by atoms with Crippen molar-refractivity contribution in [3.05, 3.63) is 35.9 Å². The van der Waals surface area contributed by atoms with E-state index in [1.165, 1.54) is 0 Å². The van der Waals surface area contributed by atoms with Gasteiger partial charge in [-0.25, -0.2) is 0 Å². The molecule has 36 heavy (non-hydrogen) atoms. The molecule has 3 heterocycles. The average molecular weight is 516 g/mol. The third-order valence-electron chi connectivity index (χ3n) is 8.03. The average Bonchev–Trinajstić information content (AvgIpc) is 3.51. The monoisotopic (exact) mass is 515 g/mol. The van der Waals surface area contributed by atoms with E-state index < -0.39 is 28.7 Å². The largest absolute Gasteiger partial charge is 0.394 e. The Morgan fingerprint density at radius 3 is 2.58 bits per heavy atom. The van der Waals surface area contributed by atoms with Crippen LogP contribution in [0.2, 0.25) is 0 Å². The van der Waals surface area contributed by atoms with E-state index >= 15 is 0 Å². The van der Waals surface area contributed by atoms with Crippen molar-refractivity contribution >= 4 is 29.5 Å². The normalized spacial score (nSPS) is 29.5. The number of thioether (sulfide) groups is 1. The minimum Gasteiger partial charge on any atom is -0.394 e. The summed E-state index contributed by atoms with van der Waals surface area (Å²) in [5.74, 6) is -1.12. The standard InChI is InChI=1S/C28H41N3O4S/c1-4-5-9-14-29-26(34)24-28-13-12-21(36-28)22(25(33)30-16-19-10-7-6-8-11-19)23(28)27(35)31(24)20(17-32)15-18(2)3/h6-8,10-11,18,20-24,32H,4-5,9,12-17H2,1-3H3,(H,29,34)(H,30,33)/t20-,21+,22-,23+,24?,28?/m1/s1. The predicted molar refractivity (Wildman–Crippen MR) is 142 cm³/mol. The number of carbonyl (C=O) groups excluding carboxylic acids is 3. The van der Waals surface area contributed by atoms with E-state index in [4.69, 9.17) is 0 Å². The van der Waals surface area contributed by atoms with Crippen LogP contribution in [0.3, 0.4) is 0 Å². The summed E-state index contributed by atoms with van der Waals surface area (Å²) in [7, 11) is 0. The van der Waals surface area contributed by atoms with Crippen molar-refractivity contribution in [2.24, 2.45) is 17.8 Å². The maximum absolute atomic E-state index is 14.1. The third kappa shape index (κ3) is 5.03. The molecule has 3 aliphatic heterocycles. The molecule has 2 unspecified atom stereocenters. The molecule has 0 radical (unpaired) electrons. The zero-order valence-electron chi connectivity index (χ0n) is 21.7. The number of benzene rings is 1. The molecule has 198 valence electrons. The van der Waals surface area contributed by atoms with Crippen LogP contribution >= 0.6 is 11.8 Å². The lowest BCUT2D eigenvalue weighted by molar-refractivity contribution is -0.143. The number of likely N-dealkylation sites (tertiary alicyclic amines) is 1. The minimum absolute atomic E-state index is 0.0324. The fraction of sp³-hybridized carbons (Fsp3) is 0.679. The number of aliphatic hydroxyl groups is 1. The lowest BCUT2D eigenvalue weighted by atomic mass is 9.70. The number of carbonyl (C=O) groups is 3. The van der Waals surface area contributed by atoms with Crippen LogP contribution in [0, 0.1) is 17.8 Å². The summed E-state index contributed by atoms with van der Waals surface area (Å²) in [6, 6.07) is 8.67. The first-order valence-corrected chi connectivity index (χ1v) is 14.4. The van der Waals surface area contributed by atoms with Gasteiger partial charge in [-0.1, -0.05) is 63.9 Å². The number of aliphatic hydroxyl groups excluding tert-OH is 1. The van der Waals surface area contributed by atoms with Crippen LogP contribution in [0.1, 0.15) is 64.9 Å². The Morgan fingerprint density at radius 1 is 1.17 bits per heavy atom. The van der Waals surface area contributed by atoms with Crippen molar-refractivity contribution in [1.29, 1.82) is 0 Å². The first-order valence-electron chi connectivity index (χ1n) is 13.5. The Hall–Kier alpha value is -2.06. The molecule has 2 bridgehead atoms. The maximum Gasteiger partial charge on any atom is 0.244 e. The Balaban J connectivity index is 1.60. The molecular formula is C28H41N3O4S. The molecule has 3 saturated heterocycles. The van der Waals surface area contributed by atoms with Gasteiger partial charge in [0.05, 0.1) is 29.2 Å². The fourth-order valence-corrected chi connectivity index (χ4v) is 8.70. The van der Waals surface area contributed by atoms with E-state index in [1.54, 1.807) is 16.7 Å². The Morgan fingerprint density at radius 2 is 1.92 bits per heavy atom. The molecule has 0 aliphatic carbocycles. The van der Waals surface area contributed by atoms with E-state index in [2.05, 4.69) is 31.4 Å². The van der Waals surface area contributed by atoms with Crippen molar-refractivity contribution in [3.8, 4) is 0 Å². The number of hydrogen-bond donors (Lipinski definition) is 3. The second-order valence-electron chi connectivity index (χ2n) is 11.0. The van der Waals surface area contributed by atoms with Gasteiger partial charge in [-0.15, -0.1) is 11.8 Å². The van der Waals surface area contributed by atoms with Gasteiger partial charge in [0.25, 0.3) is 0 Å². The Bertz CT molecular complexity index is 942. The molecule has 7 nitrogen and oxygen atoms in total. The molecule has 3 aliphatic rings. The summed E-state index contributed by atoms with van der Waals surface area (Å²) in [5.41, 5.74) is 1.01. The van der Waals surface area contributed by atoms with Crippen LogP contribution in [0.25, 0.3) is 0 Å². The number of fused-ring (bicyclic) bond motifs is 1. The topological polar surface area (TPSA) is 98.7 Å². The molecule has 6 atom stereocenters. The van der Waals surface area contributed by atoms with Gasteiger partial charge in [0, 0.05) is 18.3 Å². The molecule has 3 fully saturated rings. The zero-order chi connectivity index (χ0) is 25.9. The van der Waals surface area contributed by atoms with Crippen molar-refractivity contribution in [3.63, 3.8) is 0 Å². The van der Waals surface area contributed by atoms with Crippen LogP contribution in [0.5, 0.6) is 0 Å². The highest BCUT2D eigenvalue weighted by Crippen LogP contribution is 2.66. The molecule has 0 saturated carbocycles. The van der Waals surface area contributed by atoms with E-state index in [1.807, 2.05) is 30.3 Å². The van der Waals surface area contributed by atoms with E-state index in [0.29, 0.717) is 19.5 Å². The van der Waals surface area contributed by atoms with Gasteiger partial charge in [0.1, 0.15) is 6.04 Å². The molecule has 3 amide bonds. The second-order valence-corrected chi connectivity index (χ2v) is 12.6. The third-order valence-corrected chi connectivity index (χ3v) is 9.98. The summed E-state index contributed by atoms with van der Waals surface area (Å²) < 4.78 is -0.615. The number of amides is 3. The summed E-state index contributed by atoms with van der Waals surface area (Å²) in [6.07, 6.45) is 5.17. The lowest BCUT2D eigenvalue weighted by Crippen LogP contribution is -2.56. The fourth-order valence-electron chi connectivity index (χ4n) is 6.49. The Kier molecular flexibility index (Phi) is 8.66. The van der Waals surface area contributed by atoms with Crippen molar-refractivity contribution in [2.45, 2.75) is 87.9 Å². The van der Waals surface area contributed by atoms with Crippen LogP contribution in [0.4, 0.5) is 0 Å². The van der Waals surface area contributed by atoms with Crippen LogP contribution < -0.4 is 10.6 Å². The van der Waals surface area contributed by atoms with Crippen LogP contribution in [0.15, 0.2) is 30.3 Å². The number of nitrogens with one attached hydrogen (secondary N) is 2. The molecule has 1 aromatic rings. The summed E-state index contributed by atoms with van der Waals surface area (Å²) in [4.78, 5) is 42.9. The van der Waals surface area contributed by atoms with Crippen LogP contribution in [-0.4, -0.2) is 63.0 Å². The number of nitrogens with zero attached hydrogens (tertiary/aromatic N) is 1. The van der Waals surface area contributed by atoms with E-state index in [9.17, 15) is 19.5 Å². The van der Waals surface area contributed by atoms with Crippen molar-refractivity contribution < 1.29 is 19.5 Å². The Labute approximate surface area is 219 Å². The number of unbranched alkanes of at least 4 members (excludes halogenated alkanes) is 2. The summed E-state index contributed by atoms with van der Waals surface area (Å²) >= 11 is 1.68. The first-order chi connectivity index (χ1) is 17.3. The van der Waals surface area contributed by atoms with Gasteiger partial charge in [-0.05, 0) is 37.2 Å². The first kappa shape index (κ1) is 27.0. The molecule has 0 aromatic heterocycles. The van der Waals surface area contributed by atoms with E-state index in [0.717, 1.165) is 37.7 Å². The molecule has 4 rings (SSSR count). The quantitative estimate of drug-likeness (QED) is 0.372. The van der Waals surface area contributed by atoms with Gasteiger partial charge in [-0.3, -0.25) is 14.4 Å². The van der Waals surface area contributed by atoms with Crippen molar-refractivity contribution in [2.75, 3.05) is 13.2 Å². The molecular weight excluding hydrogens is 474 g/mol. The van der Waals surface area contributed by atoms with Crippen molar-refractivity contribution in [1.82, 2.24) is 15.5 Å². The minimum atomic E-state index is -0.658. The highest BCUT2D eigenvalue weighted by molar-refractivity contribution is 8.02. The molecule has 3 N–H and O–H groups in total. The van der Waals surface area contributed by atoms with Gasteiger partial charge < -0.3 is 20.6 Å². The predicted octanol–water partition coefficient (Wildman–Crippen LogP) is 3.11. The summed E-state index contributed by atoms with van der Waals surface area (Å²) in [5, 5.41) is 16.5.